The Morgan fingerprint density at radius 1 is 1.33 bits per heavy atom. The number of aromatic nitrogens is 1. The van der Waals surface area contributed by atoms with E-state index >= 15 is 0 Å². The number of halogens is 1. The Hall–Kier alpha value is -2.05. The van der Waals surface area contributed by atoms with E-state index < -0.39 is 0 Å². The number of aryl methyl sites for hydroxylation is 2. The average molecular weight is 298 g/mol. The van der Waals surface area contributed by atoms with Gasteiger partial charge in [-0.05, 0) is 42.5 Å². The Balaban J connectivity index is 1.93. The molecule has 0 saturated carbocycles. The zero-order valence-corrected chi connectivity index (χ0v) is 12.7. The molecule has 0 radical (unpaired) electrons. The van der Waals surface area contributed by atoms with Gasteiger partial charge in [0.05, 0.1) is 5.56 Å². The molecule has 0 amide bonds. The molecule has 2 aromatic rings. The van der Waals surface area contributed by atoms with Crippen molar-refractivity contribution in [3.63, 3.8) is 0 Å². The Morgan fingerprint density at radius 2 is 2.14 bits per heavy atom. The molecule has 0 unspecified atom stereocenters. The third kappa shape index (κ3) is 2.72. The van der Waals surface area contributed by atoms with E-state index in [2.05, 4.69) is 6.07 Å². The molecule has 21 heavy (non-hydrogen) atoms. The highest BCUT2D eigenvalue weighted by molar-refractivity contribution is 6.31. The van der Waals surface area contributed by atoms with Gasteiger partial charge in [-0.1, -0.05) is 29.8 Å². The molecule has 1 aliphatic rings. The molecule has 1 heterocycles. The summed E-state index contributed by atoms with van der Waals surface area (Å²) in [5.74, 6) is 0.748. The van der Waals surface area contributed by atoms with Crippen LogP contribution in [0, 0.1) is 11.3 Å². The number of anilines is 1. The van der Waals surface area contributed by atoms with Crippen LogP contribution < -0.4 is 4.90 Å². The van der Waals surface area contributed by atoms with Gasteiger partial charge in [0.25, 0.3) is 0 Å². The van der Waals surface area contributed by atoms with E-state index in [1.54, 1.807) is 0 Å². The van der Waals surface area contributed by atoms with Crippen LogP contribution in [0.15, 0.2) is 30.3 Å². The molecule has 0 atom stereocenters. The summed E-state index contributed by atoms with van der Waals surface area (Å²) in [6.07, 6.45) is 3.17. The van der Waals surface area contributed by atoms with Crippen LogP contribution >= 0.6 is 11.6 Å². The highest BCUT2D eigenvalue weighted by Crippen LogP contribution is 2.28. The Bertz CT molecular complexity index is 718. The third-order valence-corrected chi connectivity index (χ3v) is 4.25. The van der Waals surface area contributed by atoms with Crippen molar-refractivity contribution in [1.82, 2.24) is 4.98 Å². The maximum atomic E-state index is 9.38. The van der Waals surface area contributed by atoms with E-state index in [1.807, 2.05) is 42.3 Å². The van der Waals surface area contributed by atoms with Crippen LogP contribution in [0.4, 0.5) is 5.82 Å². The lowest BCUT2D eigenvalue weighted by Gasteiger charge is -2.21. The smallest absolute Gasteiger partial charge is 0.146 e. The standard InChI is InChI=1S/C17H16ClN3/c1-21(11-13-5-2-3-7-15(13)18)17-14(10-19)9-12-6-4-8-16(12)20-17/h2-3,5,7,9H,4,6,8,11H2,1H3. The van der Waals surface area contributed by atoms with Crippen molar-refractivity contribution >= 4 is 17.4 Å². The third-order valence-electron chi connectivity index (χ3n) is 3.88. The van der Waals surface area contributed by atoms with Crippen molar-refractivity contribution in [2.45, 2.75) is 25.8 Å². The topological polar surface area (TPSA) is 39.9 Å². The lowest BCUT2D eigenvalue weighted by atomic mass is 10.1. The SMILES string of the molecule is CN(Cc1ccccc1Cl)c1nc2c(cc1C#N)CCC2. The van der Waals surface area contributed by atoms with E-state index in [-0.39, 0.29) is 0 Å². The molecule has 0 N–H and O–H groups in total. The molecule has 0 fully saturated rings. The van der Waals surface area contributed by atoms with Crippen LogP contribution in [0.2, 0.25) is 5.02 Å². The fourth-order valence-corrected chi connectivity index (χ4v) is 2.99. The summed E-state index contributed by atoms with van der Waals surface area (Å²) in [4.78, 5) is 6.71. The summed E-state index contributed by atoms with van der Waals surface area (Å²) in [6, 6.07) is 12.0. The molecular weight excluding hydrogens is 282 g/mol. The van der Waals surface area contributed by atoms with Crippen molar-refractivity contribution < 1.29 is 0 Å². The van der Waals surface area contributed by atoms with Crippen LogP contribution in [0.3, 0.4) is 0 Å². The minimum atomic E-state index is 0.639. The minimum Gasteiger partial charge on any atom is -0.354 e. The van der Waals surface area contributed by atoms with Gasteiger partial charge in [-0.15, -0.1) is 0 Å². The van der Waals surface area contributed by atoms with Gasteiger partial charge in [0.15, 0.2) is 0 Å². The monoisotopic (exact) mass is 297 g/mol. The molecule has 106 valence electrons. The van der Waals surface area contributed by atoms with Gasteiger partial charge in [0, 0.05) is 24.3 Å². The molecule has 3 nitrogen and oxygen atoms in total. The molecule has 0 bridgehead atoms. The predicted octanol–water partition coefficient (Wildman–Crippen LogP) is 3.73. The first-order valence-corrected chi connectivity index (χ1v) is 7.44. The first-order chi connectivity index (χ1) is 10.2. The van der Waals surface area contributed by atoms with Crippen molar-refractivity contribution in [2.24, 2.45) is 0 Å². The Kier molecular flexibility index (Phi) is 3.81. The summed E-state index contributed by atoms with van der Waals surface area (Å²) in [5, 5.41) is 10.1. The van der Waals surface area contributed by atoms with Gasteiger partial charge in [-0.3, -0.25) is 0 Å². The average Bonchev–Trinajstić information content (AvgIpc) is 2.95. The summed E-state index contributed by atoms with van der Waals surface area (Å²) in [7, 11) is 1.95. The van der Waals surface area contributed by atoms with E-state index in [0.717, 1.165) is 41.4 Å². The zero-order chi connectivity index (χ0) is 14.8. The first-order valence-electron chi connectivity index (χ1n) is 7.06. The molecule has 0 saturated heterocycles. The first kappa shape index (κ1) is 13.9. The molecule has 0 spiro atoms. The van der Waals surface area contributed by atoms with Gasteiger partial charge in [-0.2, -0.15) is 5.26 Å². The second kappa shape index (κ2) is 5.75. The Labute approximate surface area is 129 Å². The highest BCUT2D eigenvalue weighted by Gasteiger charge is 2.18. The number of hydrogen-bond acceptors (Lipinski definition) is 3. The van der Waals surface area contributed by atoms with E-state index in [4.69, 9.17) is 16.6 Å². The summed E-state index contributed by atoms with van der Waals surface area (Å²) in [5.41, 5.74) is 4.04. The largest absolute Gasteiger partial charge is 0.354 e. The van der Waals surface area contributed by atoms with Crippen LogP contribution in [0.1, 0.15) is 28.8 Å². The minimum absolute atomic E-state index is 0.639. The second-order valence-corrected chi connectivity index (χ2v) is 5.79. The number of nitriles is 1. The molecular formula is C17H16ClN3. The fraction of sp³-hybridized carbons (Fsp3) is 0.294. The van der Waals surface area contributed by atoms with E-state index in [0.29, 0.717) is 12.1 Å². The number of pyridine rings is 1. The number of rotatable bonds is 3. The molecule has 0 aliphatic heterocycles. The lowest BCUT2D eigenvalue weighted by Crippen LogP contribution is -2.20. The number of hydrogen-bond donors (Lipinski definition) is 0. The van der Waals surface area contributed by atoms with Gasteiger partial charge < -0.3 is 4.90 Å². The van der Waals surface area contributed by atoms with Crippen molar-refractivity contribution in [3.8, 4) is 6.07 Å². The van der Waals surface area contributed by atoms with E-state index in [9.17, 15) is 5.26 Å². The predicted molar refractivity (Wildman–Crippen MR) is 84.5 cm³/mol. The maximum absolute atomic E-state index is 9.38. The van der Waals surface area contributed by atoms with E-state index in [1.165, 1.54) is 5.56 Å². The quantitative estimate of drug-likeness (QED) is 0.866. The molecule has 1 aliphatic carbocycles. The maximum Gasteiger partial charge on any atom is 0.146 e. The fourth-order valence-electron chi connectivity index (χ4n) is 2.79. The zero-order valence-electron chi connectivity index (χ0n) is 11.9. The second-order valence-electron chi connectivity index (χ2n) is 5.38. The van der Waals surface area contributed by atoms with Gasteiger partial charge in [0.1, 0.15) is 11.9 Å². The number of nitrogens with zero attached hydrogens (tertiary/aromatic N) is 3. The van der Waals surface area contributed by atoms with Gasteiger partial charge in [-0.25, -0.2) is 4.98 Å². The van der Waals surface area contributed by atoms with Crippen molar-refractivity contribution in [3.05, 3.63) is 57.7 Å². The normalized spacial score (nSPS) is 12.8. The number of benzene rings is 1. The number of fused-ring (bicyclic) bond motifs is 1. The van der Waals surface area contributed by atoms with Crippen LogP contribution in [0.5, 0.6) is 0 Å². The van der Waals surface area contributed by atoms with Crippen LogP contribution in [0.25, 0.3) is 0 Å². The highest BCUT2D eigenvalue weighted by atomic mass is 35.5. The van der Waals surface area contributed by atoms with Gasteiger partial charge in [0.2, 0.25) is 0 Å². The summed E-state index contributed by atoms with van der Waals surface area (Å²) in [6.45, 7) is 0.639. The molecule has 3 rings (SSSR count). The summed E-state index contributed by atoms with van der Waals surface area (Å²) < 4.78 is 0. The lowest BCUT2D eigenvalue weighted by molar-refractivity contribution is 0.872. The summed E-state index contributed by atoms with van der Waals surface area (Å²) >= 11 is 6.21. The molecule has 1 aromatic heterocycles. The van der Waals surface area contributed by atoms with Crippen molar-refractivity contribution in [1.29, 1.82) is 5.26 Å². The van der Waals surface area contributed by atoms with Crippen molar-refractivity contribution in [2.75, 3.05) is 11.9 Å². The van der Waals surface area contributed by atoms with Crippen LogP contribution in [-0.4, -0.2) is 12.0 Å². The molecule has 1 aromatic carbocycles. The Morgan fingerprint density at radius 3 is 2.90 bits per heavy atom. The van der Waals surface area contributed by atoms with Crippen LogP contribution in [-0.2, 0) is 19.4 Å². The molecule has 4 heteroatoms. The van der Waals surface area contributed by atoms with Gasteiger partial charge >= 0.3 is 0 Å².